The summed E-state index contributed by atoms with van der Waals surface area (Å²) >= 11 is 0. The van der Waals surface area contributed by atoms with E-state index in [0.29, 0.717) is 6.42 Å². The van der Waals surface area contributed by atoms with Gasteiger partial charge >= 0.3 is 6.09 Å². The number of alkyl carbamates (subject to hydrolysis) is 1. The summed E-state index contributed by atoms with van der Waals surface area (Å²) in [5.74, 6) is 0.412. The van der Waals surface area contributed by atoms with Crippen LogP contribution in [0.5, 0.6) is 0 Å². The maximum Gasteiger partial charge on any atom is 0.408 e. The zero-order chi connectivity index (χ0) is 21.3. The third kappa shape index (κ3) is 5.07. The van der Waals surface area contributed by atoms with Crippen molar-refractivity contribution in [3.8, 4) is 0 Å². The first-order valence-corrected chi connectivity index (χ1v) is 11.8. The van der Waals surface area contributed by atoms with Gasteiger partial charge in [-0.05, 0) is 77.0 Å². The maximum absolute atomic E-state index is 13.1. The van der Waals surface area contributed by atoms with E-state index >= 15 is 0 Å². The highest BCUT2D eigenvalue weighted by Gasteiger charge is 2.52. The first-order valence-electron chi connectivity index (χ1n) is 10.3. The fourth-order valence-electron chi connectivity index (χ4n) is 4.57. The highest BCUT2D eigenvalue weighted by atomic mass is 32.2. The Morgan fingerprint density at radius 3 is 2.10 bits per heavy atom. The summed E-state index contributed by atoms with van der Waals surface area (Å²) < 4.78 is 17.2. The number of nitrogens with two attached hydrogens (primary N) is 1. The minimum atomic E-state index is -1.55. The van der Waals surface area contributed by atoms with Crippen molar-refractivity contribution in [2.45, 2.75) is 81.8 Å². The van der Waals surface area contributed by atoms with Gasteiger partial charge in [0.1, 0.15) is 22.2 Å². The standard InChI is InChI=1S/C22H32N2O4S/c1-20(2,3)28-19(26)24-22-11-8-21(9-12-22,10-13-22)18(25)14-16-4-6-17(7-5-16)29(27)15-23/h4-7H,8-15,23H2,1-3H3,(H,24,26)/p+1. The number of fused-ring (bicyclic) bond motifs is 3. The van der Waals surface area contributed by atoms with E-state index in [1.54, 1.807) is 0 Å². The molecule has 1 aromatic carbocycles. The maximum atomic E-state index is 13.1. The third-order valence-corrected chi connectivity index (χ3v) is 7.56. The molecule has 3 N–H and O–H groups in total. The molecule has 160 valence electrons. The second-order valence-corrected chi connectivity index (χ2v) is 11.2. The molecule has 0 radical (unpaired) electrons. The van der Waals surface area contributed by atoms with Crippen LogP contribution < -0.4 is 11.1 Å². The molecular weight excluding hydrogens is 388 g/mol. The second kappa shape index (κ2) is 8.19. The summed E-state index contributed by atoms with van der Waals surface area (Å²) in [6.07, 6.45) is 4.88. The van der Waals surface area contributed by atoms with E-state index < -0.39 is 16.4 Å². The van der Waals surface area contributed by atoms with Gasteiger partial charge in [0.2, 0.25) is 0 Å². The van der Waals surface area contributed by atoms with Crippen LogP contribution in [0.3, 0.4) is 0 Å². The fraction of sp³-hybridized carbons (Fsp3) is 0.636. The number of hydrogen-bond donors (Lipinski definition) is 2. The topological polar surface area (TPSA) is 98.5 Å². The van der Waals surface area contributed by atoms with Gasteiger partial charge in [0.25, 0.3) is 0 Å². The van der Waals surface area contributed by atoms with E-state index in [1.165, 1.54) is 0 Å². The molecule has 3 saturated carbocycles. The Labute approximate surface area is 175 Å². The number of hydrogen-bond acceptors (Lipinski definition) is 5. The number of ketones is 1. The van der Waals surface area contributed by atoms with Crippen LogP contribution in [0, 0.1) is 5.41 Å². The lowest BCUT2D eigenvalue weighted by molar-refractivity contribution is -0.135. The normalized spacial score (nSPS) is 27.3. The first kappa shape index (κ1) is 22.0. The smallest absolute Gasteiger partial charge is 0.408 e. The molecule has 29 heavy (non-hydrogen) atoms. The van der Waals surface area contributed by atoms with Gasteiger partial charge in [0.05, 0.1) is 0 Å². The second-order valence-electron chi connectivity index (χ2n) is 9.52. The summed E-state index contributed by atoms with van der Waals surface area (Å²) in [4.78, 5) is 26.1. The van der Waals surface area contributed by atoms with Crippen molar-refractivity contribution in [1.82, 2.24) is 5.32 Å². The number of Topliss-reactive ketones (excluding diaryl/α,β-unsaturated/α-hetero) is 1. The molecule has 0 spiro atoms. The summed E-state index contributed by atoms with van der Waals surface area (Å²) in [6, 6.07) is 7.38. The average molecular weight is 422 g/mol. The van der Waals surface area contributed by atoms with Crippen molar-refractivity contribution < 1.29 is 18.5 Å². The Morgan fingerprint density at radius 1 is 1.07 bits per heavy atom. The van der Waals surface area contributed by atoms with Gasteiger partial charge in [0.15, 0.2) is 10.8 Å². The zero-order valence-corrected chi connectivity index (χ0v) is 18.5. The molecule has 7 heteroatoms. The van der Waals surface area contributed by atoms with Crippen molar-refractivity contribution in [2.75, 3.05) is 5.88 Å². The van der Waals surface area contributed by atoms with E-state index in [4.69, 9.17) is 10.5 Å². The highest BCUT2D eigenvalue weighted by Crippen LogP contribution is 2.53. The zero-order valence-electron chi connectivity index (χ0n) is 17.6. The molecule has 1 atom stereocenters. The lowest BCUT2D eigenvalue weighted by atomic mass is 9.55. The summed E-state index contributed by atoms with van der Waals surface area (Å²) in [5, 5.41) is 3.09. The molecule has 3 aliphatic carbocycles. The minimum absolute atomic E-state index is 0.135. The Bertz CT molecular complexity index is 773. The van der Waals surface area contributed by atoms with Crippen molar-refractivity contribution in [2.24, 2.45) is 11.1 Å². The molecule has 2 bridgehead atoms. The van der Waals surface area contributed by atoms with Crippen molar-refractivity contribution in [3.63, 3.8) is 0 Å². The Morgan fingerprint density at radius 2 is 1.62 bits per heavy atom. The Kier molecular flexibility index (Phi) is 6.20. The predicted molar refractivity (Wildman–Crippen MR) is 114 cm³/mol. The Hall–Kier alpha value is -1.73. The highest BCUT2D eigenvalue weighted by molar-refractivity contribution is 7.84. The quantitative estimate of drug-likeness (QED) is 0.542. The number of ether oxygens (including phenoxy) is 1. The van der Waals surface area contributed by atoms with E-state index in [2.05, 4.69) is 5.32 Å². The van der Waals surface area contributed by atoms with Crippen LogP contribution in [0.15, 0.2) is 29.2 Å². The van der Waals surface area contributed by atoms with Gasteiger partial charge in [0, 0.05) is 17.4 Å². The molecule has 0 heterocycles. The predicted octanol–water partition coefficient (Wildman–Crippen LogP) is 3.39. The van der Waals surface area contributed by atoms with Crippen molar-refractivity contribution >= 4 is 22.7 Å². The molecule has 1 amide bonds. The van der Waals surface area contributed by atoms with E-state index in [0.717, 1.165) is 49.0 Å². The Balaban J connectivity index is 1.59. The molecular formula is C22H33N2O4S+. The van der Waals surface area contributed by atoms with E-state index in [-0.39, 0.29) is 28.7 Å². The lowest BCUT2D eigenvalue weighted by Crippen LogP contribution is -2.59. The summed E-state index contributed by atoms with van der Waals surface area (Å²) in [7, 11) is -1.55. The number of nitrogens with one attached hydrogen (secondary N) is 1. The third-order valence-electron chi connectivity index (χ3n) is 6.36. The molecule has 3 fully saturated rings. The van der Waals surface area contributed by atoms with E-state index in [1.807, 2.05) is 45.0 Å². The number of thiol groups is 1. The van der Waals surface area contributed by atoms with Crippen LogP contribution in [0.4, 0.5) is 4.79 Å². The summed E-state index contributed by atoms with van der Waals surface area (Å²) in [6.45, 7) is 5.57. The number of benzene rings is 1. The fourth-order valence-corrected chi connectivity index (χ4v) is 5.26. The van der Waals surface area contributed by atoms with Crippen LogP contribution in [0.1, 0.15) is 64.9 Å². The SMILES string of the molecule is CC(C)(C)OC(=O)NC12CCC(C(=O)Cc3ccc([SH+](=O)CN)cc3)(CC1)CC2. The number of rotatable bonds is 6. The minimum Gasteiger partial charge on any atom is -0.444 e. The van der Waals surface area contributed by atoms with Gasteiger partial charge in [-0.2, -0.15) is 0 Å². The van der Waals surface area contributed by atoms with E-state index in [9.17, 15) is 13.8 Å². The molecule has 0 aromatic heterocycles. The molecule has 1 aromatic rings. The van der Waals surface area contributed by atoms with Crippen LogP contribution in [0.2, 0.25) is 0 Å². The summed E-state index contributed by atoms with van der Waals surface area (Å²) in [5.41, 5.74) is 5.37. The van der Waals surface area contributed by atoms with Gasteiger partial charge in [-0.15, -0.1) is 4.21 Å². The largest absolute Gasteiger partial charge is 0.444 e. The number of carbonyl (C=O) groups excluding carboxylic acids is 2. The van der Waals surface area contributed by atoms with Gasteiger partial charge in [-0.25, -0.2) is 4.79 Å². The van der Waals surface area contributed by atoms with Crippen LogP contribution in [0.25, 0.3) is 0 Å². The van der Waals surface area contributed by atoms with Gasteiger partial charge < -0.3 is 10.1 Å². The van der Waals surface area contributed by atoms with Crippen molar-refractivity contribution in [1.29, 1.82) is 0 Å². The molecule has 4 rings (SSSR count). The monoisotopic (exact) mass is 421 g/mol. The number of amides is 1. The molecule has 1 unspecified atom stereocenters. The van der Waals surface area contributed by atoms with Gasteiger partial charge in [-0.1, -0.05) is 12.1 Å². The molecule has 0 aliphatic heterocycles. The lowest BCUT2D eigenvalue weighted by Gasteiger charge is -2.52. The van der Waals surface area contributed by atoms with Crippen LogP contribution in [-0.4, -0.2) is 28.9 Å². The molecule has 3 aliphatic rings. The van der Waals surface area contributed by atoms with Crippen LogP contribution in [-0.2, 0) is 31.0 Å². The first-order chi connectivity index (χ1) is 13.6. The molecule has 6 nitrogen and oxygen atoms in total. The molecule has 0 saturated heterocycles. The number of carbonyl (C=O) groups is 2. The average Bonchev–Trinajstić information content (AvgIpc) is 2.67. The van der Waals surface area contributed by atoms with Crippen molar-refractivity contribution in [3.05, 3.63) is 29.8 Å². The van der Waals surface area contributed by atoms with Crippen LogP contribution >= 0.6 is 0 Å². The van der Waals surface area contributed by atoms with Gasteiger partial charge in [-0.3, -0.25) is 10.5 Å².